The van der Waals surface area contributed by atoms with Crippen LogP contribution in [0, 0.1) is 11.3 Å². The number of phenols is 1. The van der Waals surface area contributed by atoms with E-state index in [1.165, 1.54) is 35.0 Å². The third-order valence-corrected chi connectivity index (χ3v) is 4.56. The molecule has 0 saturated heterocycles. The van der Waals surface area contributed by atoms with Crippen LogP contribution in [0.2, 0.25) is 5.02 Å². The summed E-state index contributed by atoms with van der Waals surface area (Å²) in [6, 6.07) is 16.1. The maximum Gasteiger partial charge on any atom is 0.269 e. The van der Waals surface area contributed by atoms with E-state index < -0.39 is 11.3 Å². The van der Waals surface area contributed by atoms with Crippen LogP contribution in [0.5, 0.6) is 5.75 Å². The molecular formula is C21H15ClN2O3. The minimum atomic E-state index is -0.527. The van der Waals surface area contributed by atoms with E-state index in [0.717, 1.165) is 5.56 Å². The summed E-state index contributed by atoms with van der Waals surface area (Å²) in [5.41, 5.74) is 0.347. The Morgan fingerprint density at radius 3 is 2.56 bits per heavy atom. The van der Waals surface area contributed by atoms with Gasteiger partial charge in [0.15, 0.2) is 5.78 Å². The molecule has 0 fully saturated rings. The highest BCUT2D eigenvalue weighted by Crippen LogP contribution is 2.25. The maximum absolute atomic E-state index is 12.9. The molecule has 0 amide bonds. The molecule has 3 rings (SSSR count). The van der Waals surface area contributed by atoms with Gasteiger partial charge in [-0.3, -0.25) is 9.59 Å². The first-order chi connectivity index (χ1) is 12.9. The smallest absolute Gasteiger partial charge is 0.269 e. The van der Waals surface area contributed by atoms with Gasteiger partial charge in [0, 0.05) is 16.8 Å². The fraction of sp³-hybridized carbons (Fsp3) is 0.0952. The Hall–Kier alpha value is -3.36. The average Bonchev–Trinajstić information content (AvgIpc) is 2.69. The molecule has 0 radical (unpaired) electrons. The van der Waals surface area contributed by atoms with Gasteiger partial charge in [-0.05, 0) is 36.8 Å². The lowest BCUT2D eigenvalue weighted by Gasteiger charge is -2.17. The number of nitrogens with zero attached hydrogens (tertiary/aromatic N) is 2. The second kappa shape index (κ2) is 7.48. The zero-order valence-electron chi connectivity index (χ0n) is 14.4. The molecule has 0 bridgehead atoms. The first-order valence-electron chi connectivity index (χ1n) is 8.17. The van der Waals surface area contributed by atoms with E-state index in [9.17, 15) is 20.0 Å². The number of halogens is 1. The average molecular weight is 379 g/mol. The number of carbonyl (C=O) groups excluding carboxylic acids is 1. The summed E-state index contributed by atoms with van der Waals surface area (Å²) < 4.78 is 1.35. The Bertz CT molecular complexity index is 1110. The molecule has 0 saturated carbocycles. The van der Waals surface area contributed by atoms with E-state index in [0.29, 0.717) is 5.02 Å². The molecule has 1 aromatic heterocycles. The lowest BCUT2D eigenvalue weighted by Crippen LogP contribution is -2.27. The van der Waals surface area contributed by atoms with Crippen molar-refractivity contribution in [2.45, 2.75) is 13.0 Å². The highest BCUT2D eigenvalue weighted by Gasteiger charge is 2.19. The van der Waals surface area contributed by atoms with Crippen molar-refractivity contribution in [1.82, 2.24) is 4.57 Å². The number of aromatic nitrogens is 1. The fourth-order valence-electron chi connectivity index (χ4n) is 2.83. The van der Waals surface area contributed by atoms with Crippen LogP contribution in [0.4, 0.5) is 0 Å². The van der Waals surface area contributed by atoms with Crippen LogP contribution in [0.15, 0.2) is 65.6 Å². The summed E-state index contributed by atoms with van der Waals surface area (Å²) in [6.07, 6.45) is 1.41. The first-order valence-corrected chi connectivity index (χ1v) is 8.54. The highest BCUT2D eigenvalue weighted by molar-refractivity contribution is 6.31. The normalized spacial score (nSPS) is 11.6. The third-order valence-electron chi connectivity index (χ3n) is 4.33. The predicted octanol–water partition coefficient (Wildman–Crippen LogP) is 3.92. The van der Waals surface area contributed by atoms with Crippen molar-refractivity contribution in [3.8, 4) is 11.8 Å². The SMILES string of the molecule is C[C@@H](c1ccccc1)n1cc(C(=O)c2cc(Cl)ccc2O)cc(C#N)c1=O. The summed E-state index contributed by atoms with van der Waals surface area (Å²) in [5, 5.41) is 19.6. The minimum Gasteiger partial charge on any atom is -0.507 e. The second-order valence-electron chi connectivity index (χ2n) is 6.04. The molecule has 6 heteroatoms. The lowest BCUT2D eigenvalue weighted by molar-refractivity contribution is 0.103. The molecule has 1 heterocycles. The molecular weight excluding hydrogens is 364 g/mol. The number of benzene rings is 2. The molecule has 134 valence electrons. The van der Waals surface area contributed by atoms with Gasteiger partial charge in [-0.15, -0.1) is 0 Å². The van der Waals surface area contributed by atoms with Crippen molar-refractivity contribution >= 4 is 17.4 Å². The molecule has 1 N–H and O–H groups in total. The summed E-state index contributed by atoms with van der Waals surface area (Å²) in [5.74, 6) is -0.753. The van der Waals surface area contributed by atoms with Crippen LogP contribution in [0.3, 0.4) is 0 Å². The molecule has 2 aromatic carbocycles. The third kappa shape index (κ3) is 3.62. The lowest BCUT2D eigenvalue weighted by atomic mass is 10.0. The van der Waals surface area contributed by atoms with Gasteiger partial charge in [-0.1, -0.05) is 41.9 Å². The summed E-state index contributed by atoms with van der Waals surface area (Å²) in [4.78, 5) is 25.5. The quantitative estimate of drug-likeness (QED) is 0.697. The van der Waals surface area contributed by atoms with E-state index in [4.69, 9.17) is 11.6 Å². The summed E-state index contributed by atoms with van der Waals surface area (Å²) in [7, 11) is 0. The minimum absolute atomic E-state index is 0.00366. The Labute approximate surface area is 160 Å². The van der Waals surface area contributed by atoms with Crippen molar-refractivity contribution in [3.63, 3.8) is 0 Å². The number of aromatic hydroxyl groups is 1. The van der Waals surface area contributed by atoms with Crippen molar-refractivity contribution in [3.05, 3.63) is 98.4 Å². The number of carbonyl (C=O) groups is 1. The molecule has 0 aliphatic carbocycles. The number of ketones is 1. The van der Waals surface area contributed by atoms with Gasteiger partial charge >= 0.3 is 0 Å². The number of pyridine rings is 1. The standard InChI is InChI=1S/C21H15ClN2O3/c1-13(14-5-3-2-4-6-14)24-12-16(9-15(11-23)21(24)27)20(26)18-10-17(22)7-8-19(18)25/h2-10,12-13,25H,1H3/t13-/m0/s1. The number of phenolic OH excluding ortho intramolecular Hbond substituents is 1. The van der Waals surface area contributed by atoms with E-state index >= 15 is 0 Å². The van der Waals surface area contributed by atoms with Crippen LogP contribution in [-0.4, -0.2) is 15.5 Å². The number of rotatable bonds is 4. The topological polar surface area (TPSA) is 83.1 Å². The van der Waals surface area contributed by atoms with Gasteiger partial charge in [0.1, 0.15) is 17.4 Å². The molecule has 0 aliphatic rings. The second-order valence-corrected chi connectivity index (χ2v) is 6.48. The molecule has 5 nitrogen and oxygen atoms in total. The molecule has 3 aromatic rings. The van der Waals surface area contributed by atoms with Gasteiger partial charge in [0.25, 0.3) is 5.56 Å². The van der Waals surface area contributed by atoms with Crippen molar-refractivity contribution in [1.29, 1.82) is 5.26 Å². The van der Waals surface area contributed by atoms with E-state index in [2.05, 4.69) is 0 Å². The Balaban J connectivity index is 2.15. The summed E-state index contributed by atoms with van der Waals surface area (Å²) >= 11 is 5.92. The fourth-order valence-corrected chi connectivity index (χ4v) is 3.00. The number of nitriles is 1. The number of hydrogen-bond donors (Lipinski definition) is 1. The van der Waals surface area contributed by atoms with Crippen LogP contribution in [0.25, 0.3) is 0 Å². The van der Waals surface area contributed by atoms with E-state index in [-0.39, 0.29) is 28.5 Å². The van der Waals surface area contributed by atoms with Crippen molar-refractivity contribution in [2.75, 3.05) is 0 Å². The molecule has 1 atom stereocenters. The highest BCUT2D eigenvalue weighted by atomic mass is 35.5. The first kappa shape index (κ1) is 18.4. The van der Waals surface area contributed by atoms with Crippen LogP contribution >= 0.6 is 11.6 Å². The zero-order valence-corrected chi connectivity index (χ0v) is 15.1. The molecule has 0 spiro atoms. The Morgan fingerprint density at radius 1 is 1.19 bits per heavy atom. The monoisotopic (exact) mass is 378 g/mol. The van der Waals surface area contributed by atoms with Gasteiger partial charge in [0.05, 0.1) is 11.6 Å². The van der Waals surface area contributed by atoms with Gasteiger partial charge in [0.2, 0.25) is 0 Å². The van der Waals surface area contributed by atoms with Gasteiger partial charge in [-0.2, -0.15) is 5.26 Å². The molecule has 0 aliphatic heterocycles. The number of hydrogen-bond acceptors (Lipinski definition) is 4. The molecule has 27 heavy (non-hydrogen) atoms. The van der Waals surface area contributed by atoms with Gasteiger partial charge < -0.3 is 9.67 Å². The van der Waals surface area contributed by atoms with E-state index in [1.807, 2.05) is 43.3 Å². The largest absolute Gasteiger partial charge is 0.507 e. The van der Waals surface area contributed by atoms with Crippen molar-refractivity contribution < 1.29 is 9.90 Å². The summed E-state index contributed by atoms with van der Waals surface area (Å²) in [6.45, 7) is 1.81. The van der Waals surface area contributed by atoms with Crippen LogP contribution in [-0.2, 0) is 0 Å². The zero-order chi connectivity index (χ0) is 19.6. The van der Waals surface area contributed by atoms with Crippen LogP contribution < -0.4 is 5.56 Å². The Morgan fingerprint density at radius 2 is 1.89 bits per heavy atom. The maximum atomic E-state index is 12.9. The van der Waals surface area contributed by atoms with Crippen molar-refractivity contribution in [2.24, 2.45) is 0 Å². The molecule has 0 unspecified atom stereocenters. The van der Waals surface area contributed by atoms with Crippen LogP contribution in [0.1, 0.15) is 40.0 Å². The van der Waals surface area contributed by atoms with E-state index in [1.54, 1.807) is 0 Å². The Kier molecular flexibility index (Phi) is 5.11. The predicted molar refractivity (Wildman–Crippen MR) is 102 cm³/mol. The van der Waals surface area contributed by atoms with Gasteiger partial charge in [-0.25, -0.2) is 0 Å².